The zero-order valence-corrected chi connectivity index (χ0v) is 6.17. The summed E-state index contributed by atoms with van der Waals surface area (Å²) in [5.74, 6) is 1.04. The maximum Gasteiger partial charge on any atom is 0.0218 e. The predicted molar refractivity (Wildman–Crippen MR) is 40.0 cm³/mol. The largest absolute Gasteiger partial charge is 0.102 e. The van der Waals surface area contributed by atoms with Gasteiger partial charge in [-0.15, -0.1) is 6.58 Å². The van der Waals surface area contributed by atoms with Gasteiger partial charge in [0.2, 0.25) is 0 Å². The molecule has 0 N–H and O–H groups in total. The molecule has 0 radical (unpaired) electrons. The van der Waals surface area contributed by atoms with Gasteiger partial charge in [0.25, 0.3) is 0 Å². The summed E-state index contributed by atoms with van der Waals surface area (Å²) >= 11 is 0. The van der Waals surface area contributed by atoms with Crippen LogP contribution in [0.2, 0.25) is 0 Å². The fourth-order valence-corrected chi connectivity index (χ4v) is 1.49. The molecule has 0 heterocycles. The van der Waals surface area contributed by atoms with E-state index < -0.39 is 0 Å². The van der Waals surface area contributed by atoms with E-state index >= 15 is 0 Å². The van der Waals surface area contributed by atoms with Crippen LogP contribution in [0.15, 0.2) is 12.7 Å². The summed E-state index contributed by atoms with van der Waals surface area (Å²) < 4.78 is 0. The third-order valence-electron chi connectivity index (χ3n) is 0.254. The van der Waals surface area contributed by atoms with Crippen molar-refractivity contribution in [3.05, 3.63) is 12.7 Å². The predicted octanol–water partition coefficient (Wildman–Crippen LogP) is 2.34. The second-order valence-electron chi connectivity index (χ2n) is 0.669. The van der Waals surface area contributed by atoms with Crippen molar-refractivity contribution in [1.29, 1.82) is 0 Å². The van der Waals surface area contributed by atoms with Crippen molar-refractivity contribution in [2.75, 3.05) is 5.75 Å². The average Bonchev–Trinajstić information content (AvgIpc) is 1.61. The van der Waals surface area contributed by atoms with Crippen molar-refractivity contribution in [1.82, 2.24) is 0 Å². The minimum Gasteiger partial charge on any atom is -0.102 e. The van der Waals surface area contributed by atoms with Crippen LogP contribution in [0, 0.1) is 0 Å². The first-order valence-corrected chi connectivity index (χ1v) is 5.30. The van der Waals surface area contributed by atoms with Crippen LogP contribution in [-0.4, -0.2) is 5.75 Å². The van der Waals surface area contributed by atoms with Gasteiger partial charge in [0.05, 0.1) is 0 Å². The summed E-state index contributed by atoms with van der Waals surface area (Å²) in [6.07, 6.45) is 1.89. The second-order valence-corrected chi connectivity index (χ2v) is 4.45. The Bertz CT molecular complexity index is 37.8. The summed E-state index contributed by atoms with van der Waals surface area (Å²) in [6, 6.07) is 0. The highest BCUT2D eigenvalue weighted by atomic mass is 33.3. The molecule has 1 unspecified atom stereocenters. The molecule has 0 aromatic carbocycles. The Morgan fingerprint density at radius 1 is 1.83 bits per heavy atom. The molecule has 0 saturated carbocycles. The minimum absolute atomic E-state index is 1.04. The number of rotatable bonds is 3. The molecular weight excluding hydrogens is 131 g/mol. The van der Waals surface area contributed by atoms with Crippen LogP contribution >= 0.6 is 29.6 Å². The van der Waals surface area contributed by atoms with Gasteiger partial charge in [-0.05, 0) is 0 Å². The number of hydrogen-bond donors (Lipinski definition) is 0. The van der Waals surface area contributed by atoms with Crippen LogP contribution < -0.4 is 0 Å². The smallest absolute Gasteiger partial charge is 0.0218 e. The number of hydrogen-bond acceptors (Lipinski definition) is 2. The molecule has 0 aliphatic heterocycles. The third kappa shape index (κ3) is 4.87. The SMILES string of the molecule is C=CCSSP. The Morgan fingerprint density at radius 3 is 2.67 bits per heavy atom. The van der Waals surface area contributed by atoms with E-state index in [1.807, 2.05) is 6.08 Å². The molecule has 0 saturated heterocycles. The molecule has 0 bridgehead atoms. The minimum atomic E-state index is 1.04. The van der Waals surface area contributed by atoms with E-state index in [1.165, 1.54) is 0 Å². The van der Waals surface area contributed by atoms with Crippen molar-refractivity contribution in [3.8, 4) is 0 Å². The van der Waals surface area contributed by atoms with Crippen LogP contribution in [-0.2, 0) is 0 Å². The first kappa shape index (κ1) is 6.87. The standard InChI is InChI=1S/C3H7PS2/c1-2-3-5-6-4/h2H,1,3-4H2. The molecule has 0 aliphatic rings. The average molecular weight is 138 g/mol. The van der Waals surface area contributed by atoms with Gasteiger partial charge in [0.1, 0.15) is 0 Å². The van der Waals surface area contributed by atoms with E-state index in [0.717, 1.165) is 5.75 Å². The van der Waals surface area contributed by atoms with E-state index in [1.54, 1.807) is 21.2 Å². The highest BCUT2D eigenvalue weighted by molar-refractivity contribution is 8.94. The van der Waals surface area contributed by atoms with Crippen molar-refractivity contribution in [2.24, 2.45) is 0 Å². The van der Waals surface area contributed by atoms with Gasteiger partial charge in [-0.3, -0.25) is 0 Å². The molecule has 36 valence electrons. The second kappa shape index (κ2) is 5.87. The first-order chi connectivity index (χ1) is 2.91. The normalized spacial score (nSPS) is 8.17. The molecular formula is C3H7PS2. The summed E-state index contributed by atoms with van der Waals surface area (Å²) in [4.78, 5) is 0. The maximum absolute atomic E-state index is 3.55. The molecule has 0 fully saturated rings. The van der Waals surface area contributed by atoms with Crippen molar-refractivity contribution in [2.45, 2.75) is 0 Å². The monoisotopic (exact) mass is 138 g/mol. The zero-order chi connectivity index (χ0) is 4.83. The molecule has 0 spiro atoms. The zero-order valence-electron chi connectivity index (χ0n) is 3.39. The molecule has 0 amide bonds. The molecule has 6 heavy (non-hydrogen) atoms. The highest BCUT2D eigenvalue weighted by Gasteiger charge is 1.71. The molecule has 0 nitrogen and oxygen atoms in total. The Balaban J connectivity index is 2.49. The molecule has 0 aromatic heterocycles. The van der Waals surface area contributed by atoms with Crippen molar-refractivity contribution >= 4 is 29.6 Å². The van der Waals surface area contributed by atoms with Crippen LogP contribution in [0.4, 0.5) is 0 Å². The van der Waals surface area contributed by atoms with Crippen LogP contribution in [0.25, 0.3) is 0 Å². The summed E-state index contributed by atoms with van der Waals surface area (Å²) in [6.45, 7) is 3.55. The Kier molecular flexibility index (Phi) is 6.72. The van der Waals surface area contributed by atoms with Gasteiger partial charge in [-0.2, -0.15) is 0 Å². The molecule has 3 heteroatoms. The van der Waals surface area contributed by atoms with Crippen LogP contribution in [0.3, 0.4) is 0 Å². The van der Waals surface area contributed by atoms with E-state index in [-0.39, 0.29) is 0 Å². The highest BCUT2D eigenvalue weighted by Crippen LogP contribution is 2.27. The van der Waals surface area contributed by atoms with Crippen molar-refractivity contribution in [3.63, 3.8) is 0 Å². The molecule has 0 aromatic rings. The van der Waals surface area contributed by atoms with Gasteiger partial charge in [-0.1, -0.05) is 35.7 Å². The van der Waals surface area contributed by atoms with Gasteiger partial charge in [0, 0.05) is 5.75 Å². The van der Waals surface area contributed by atoms with Gasteiger partial charge >= 0.3 is 0 Å². The summed E-state index contributed by atoms with van der Waals surface area (Å²) in [5, 5.41) is 0. The van der Waals surface area contributed by atoms with E-state index in [4.69, 9.17) is 0 Å². The van der Waals surface area contributed by atoms with Crippen LogP contribution in [0.1, 0.15) is 0 Å². The van der Waals surface area contributed by atoms with Gasteiger partial charge < -0.3 is 0 Å². The lowest BCUT2D eigenvalue weighted by Crippen LogP contribution is -1.54. The Labute approximate surface area is 48.5 Å². The topological polar surface area (TPSA) is 0 Å². The van der Waals surface area contributed by atoms with Crippen LogP contribution in [0.5, 0.6) is 0 Å². The summed E-state index contributed by atoms with van der Waals surface area (Å²) in [7, 11) is 6.02. The fraction of sp³-hybridized carbons (Fsp3) is 0.333. The first-order valence-electron chi connectivity index (χ1n) is 1.51. The lowest BCUT2D eigenvalue weighted by Gasteiger charge is -1.81. The lowest BCUT2D eigenvalue weighted by molar-refractivity contribution is 1.84. The fourth-order valence-electron chi connectivity index (χ4n) is 0.0874. The van der Waals surface area contributed by atoms with E-state index in [0.29, 0.717) is 0 Å². The van der Waals surface area contributed by atoms with Gasteiger partial charge in [0.15, 0.2) is 0 Å². The third-order valence-corrected chi connectivity index (χ3v) is 2.80. The summed E-state index contributed by atoms with van der Waals surface area (Å²) in [5.41, 5.74) is 0. The molecule has 0 rings (SSSR count). The quantitative estimate of drug-likeness (QED) is 0.254. The lowest BCUT2D eigenvalue weighted by atomic mass is 10.8. The molecule has 1 atom stereocenters. The molecule has 0 aliphatic carbocycles. The Morgan fingerprint density at radius 2 is 2.50 bits per heavy atom. The van der Waals surface area contributed by atoms with Gasteiger partial charge in [-0.25, -0.2) is 0 Å². The Hall–Kier alpha value is 0.870. The maximum atomic E-state index is 3.55. The van der Waals surface area contributed by atoms with E-state index in [2.05, 4.69) is 15.0 Å². The van der Waals surface area contributed by atoms with E-state index in [9.17, 15) is 0 Å². The van der Waals surface area contributed by atoms with Crippen molar-refractivity contribution < 1.29 is 0 Å².